The van der Waals surface area contributed by atoms with Crippen LogP contribution in [0, 0.1) is 0 Å². The molecule has 1 heterocycles. The van der Waals surface area contributed by atoms with E-state index >= 15 is 0 Å². The molecule has 0 saturated heterocycles. The Morgan fingerprint density at radius 2 is 2.10 bits per heavy atom. The van der Waals surface area contributed by atoms with Crippen molar-refractivity contribution in [1.29, 1.82) is 0 Å². The smallest absolute Gasteiger partial charge is 0.315 e. The number of benzene rings is 1. The molecular formula is C13H12Cl2N2O2S. The third-order valence-electron chi connectivity index (χ3n) is 2.87. The molecule has 1 aromatic heterocycles. The molecule has 0 unspecified atom stereocenters. The standard InChI is InChI=1S/C13H12Cl2N2O2S/c1-13(2,11(18)19)9-6-20-12(17-9)16-8-5-3-4-7(14)10(8)15/h3-6H,1-2H3,(H,16,17)(H,18,19). The third-order valence-corrected chi connectivity index (χ3v) is 4.45. The number of aliphatic carboxylic acids is 1. The molecular weight excluding hydrogens is 319 g/mol. The molecule has 20 heavy (non-hydrogen) atoms. The Morgan fingerprint density at radius 1 is 1.40 bits per heavy atom. The van der Waals surface area contributed by atoms with Crippen molar-refractivity contribution in [3.05, 3.63) is 39.3 Å². The van der Waals surface area contributed by atoms with E-state index in [-0.39, 0.29) is 0 Å². The highest BCUT2D eigenvalue weighted by molar-refractivity contribution is 7.13. The van der Waals surface area contributed by atoms with Gasteiger partial charge in [0.25, 0.3) is 0 Å². The van der Waals surface area contributed by atoms with Gasteiger partial charge >= 0.3 is 5.97 Å². The van der Waals surface area contributed by atoms with Crippen molar-refractivity contribution in [1.82, 2.24) is 4.98 Å². The van der Waals surface area contributed by atoms with E-state index in [0.29, 0.717) is 26.6 Å². The van der Waals surface area contributed by atoms with E-state index in [2.05, 4.69) is 10.3 Å². The minimum Gasteiger partial charge on any atom is -0.481 e. The van der Waals surface area contributed by atoms with Crippen LogP contribution >= 0.6 is 34.5 Å². The number of nitrogens with zero attached hydrogens (tertiary/aromatic N) is 1. The fourth-order valence-electron chi connectivity index (χ4n) is 1.44. The van der Waals surface area contributed by atoms with Crippen LogP contribution in [0.2, 0.25) is 10.0 Å². The maximum Gasteiger partial charge on any atom is 0.315 e. The predicted molar refractivity (Wildman–Crippen MR) is 82.5 cm³/mol. The highest BCUT2D eigenvalue weighted by atomic mass is 35.5. The van der Waals surface area contributed by atoms with Gasteiger partial charge in [0.15, 0.2) is 5.13 Å². The summed E-state index contributed by atoms with van der Waals surface area (Å²) in [5.41, 5.74) is 0.0954. The third kappa shape index (κ3) is 2.90. The summed E-state index contributed by atoms with van der Waals surface area (Å²) < 4.78 is 0. The van der Waals surface area contributed by atoms with Crippen molar-refractivity contribution < 1.29 is 9.90 Å². The number of hydrogen-bond acceptors (Lipinski definition) is 4. The topological polar surface area (TPSA) is 62.2 Å². The largest absolute Gasteiger partial charge is 0.481 e. The van der Waals surface area contributed by atoms with Crippen LogP contribution in [0.1, 0.15) is 19.5 Å². The molecule has 0 amide bonds. The van der Waals surface area contributed by atoms with E-state index in [4.69, 9.17) is 23.2 Å². The summed E-state index contributed by atoms with van der Waals surface area (Å²) in [4.78, 5) is 15.5. The predicted octanol–water partition coefficient (Wildman–Crippen LogP) is 4.56. The van der Waals surface area contributed by atoms with E-state index in [9.17, 15) is 9.90 Å². The zero-order valence-electron chi connectivity index (χ0n) is 10.8. The van der Waals surface area contributed by atoms with Crippen LogP contribution in [0.5, 0.6) is 0 Å². The molecule has 2 N–H and O–H groups in total. The van der Waals surface area contributed by atoms with Crippen LogP contribution in [-0.4, -0.2) is 16.1 Å². The van der Waals surface area contributed by atoms with Crippen molar-refractivity contribution >= 4 is 51.3 Å². The van der Waals surface area contributed by atoms with E-state index in [1.165, 1.54) is 11.3 Å². The van der Waals surface area contributed by atoms with E-state index < -0.39 is 11.4 Å². The first kappa shape index (κ1) is 15.1. The molecule has 0 aliphatic carbocycles. The molecule has 0 aliphatic heterocycles. The lowest BCUT2D eigenvalue weighted by Gasteiger charge is -2.15. The Balaban J connectivity index is 2.26. The fraction of sp³-hybridized carbons (Fsp3) is 0.231. The number of nitrogens with one attached hydrogen (secondary N) is 1. The van der Waals surface area contributed by atoms with Crippen LogP contribution in [0.25, 0.3) is 0 Å². The van der Waals surface area contributed by atoms with Gasteiger partial charge in [-0.2, -0.15) is 0 Å². The van der Waals surface area contributed by atoms with Crippen LogP contribution in [-0.2, 0) is 10.2 Å². The van der Waals surface area contributed by atoms with Gasteiger partial charge in [0.1, 0.15) is 5.41 Å². The summed E-state index contributed by atoms with van der Waals surface area (Å²) in [6.45, 7) is 3.22. The molecule has 4 nitrogen and oxygen atoms in total. The van der Waals surface area contributed by atoms with Crippen molar-refractivity contribution in [2.75, 3.05) is 5.32 Å². The number of carboxylic acid groups (broad SMARTS) is 1. The summed E-state index contributed by atoms with van der Waals surface area (Å²) in [7, 11) is 0. The Hall–Kier alpha value is -1.30. The molecule has 0 aliphatic rings. The van der Waals surface area contributed by atoms with Crippen LogP contribution in [0.4, 0.5) is 10.8 Å². The normalized spacial score (nSPS) is 11.4. The van der Waals surface area contributed by atoms with Crippen molar-refractivity contribution in [2.24, 2.45) is 0 Å². The van der Waals surface area contributed by atoms with Gasteiger partial charge in [-0.3, -0.25) is 4.79 Å². The maximum atomic E-state index is 11.2. The summed E-state index contributed by atoms with van der Waals surface area (Å²) in [6.07, 6.45) is 0. The van der Waals surface area contributed by atoms with Gasteiger partial charge < -0.3 is 10.4 Å². The first-order valence-electron chi connectivity index (χ1n) is 5.73. The molecule has 0 atom stereocenters. The number of carbonyl (C=O) groups is 1. The second-order valence-electron chi connectivity index (χ2n) is 4.69. The summed E-state index contributed by atoms with van der Waals surface area (Å²) in [5.74, 6) is -0.921. The second-order valence-corrected chi connectivity index (χ2v) is 6.34. The highest BCUT2D eigenvalue weighted by Gasteiger charge is 2.32. The number of hydrogen-bond donors (Lipinski definition) is 2. The van der Waals surface area contributed by atoms with Crippen molar-refractivity contribution in [3.8, 4) is 0 Å². The number of rotatable bonds is 4. The van der Waals surface area contributed by atoms with Gasteiger partial charge in [-0.1, -0.05) is 29.3 Å². The number of halogens is 2. The first-order chi connectivity index (χ1) is 9.32. The summed E-state index contributed by atoms with van der Waals surface area (Å²) in [5, 5.41) is 15.4. The zero-order valence-corrected chi connectivity index (χ0v) is 13.1. The van der Waals surface area contributed by atoms with Crippen LogP contribution < -0.4 is 5.32 Å². The molecule has 0 saturated carbocycles. The Bertz CT molecular complexity index is 656. The van der Waals surface area contributed by atoms with Gasteiger partial charge in [0.05, 0.1) is 21.4 Å². The minimum atomic E-state index is -1.03. The van der Waals surface area contributed by atoms with Gasteiger partial charge in [-0.25, -0.2) is 4.98 Å². The molecule has 0 fully saturated rings. The lowest BCUT2D eigenvalue weighted by molar-refractivity contribution is -0.142. The molecule has 2 rings (SSSR count). The van der Waals surface area contributed by atoms with E-state index in [1.807, 2.05) is 0 Å². The molecule has 0 spiro atoms. The second kappa shape index (κ2) is 5.60. The van der Waals surface area contributed by atoms with E-state index in [0.717, 1.165) is 0 Å². The van der Waals surface area contributed by atoms with E-state index in [1.54, 1.807) is 37.4 Å². The van der Waals surface area contributed by atoms with Gasteiger partial charge in [0.2, 0.25) is 0 Å². The Morgan fingerprint density at radius 3 is 2.75 bits per heavy atom. The minimum absolute atomic E-state index is 0.406. The molecule has 7 heteroatoms. The number of carboxylic acids is 1. The maximum absolute atomic E-state index is 11.2. The van der Waals surface area contributed by atoms with Crippen molar-refractivity contribution in [3.63, 3.8) is 0 Å². The van der Waals surface area contributed by atoms with Gasteiger partial charge in [-0.05, 0) is 26.0 Å². The summed E-state index contributed by atoms with van der Waals surface area (Å²) >= 11 is 13.3. The first-order valence-corrected chi connectivity index (χ1v) is 7.36. The number of aromatic nitrogens is 1. The number of thiazole rings is 1. The molecule has 2 aromatic rings. The highest BCUT2D eigenvalue weighted by Crippen LogP contribution is 2.34. The molecule has 1 aromatic carbocycles. The lowest BCUT2D eigenvalue weighted by Crippen LogP contribution is -2.28. The Labute approximate surface area is 130 Å². The van der Waals surface area contributed by atoms with Crippen LogP contribution in [0.3, 0.4) is 0 Å². The van der Waals surface area contributed by atoms with Gasteiger partial charge in [-0.15, -0.1) is 11.3 Å². The zero-order chi connectivity index (χ0) is 14.9. The quantitative estimate of drug-likeness (QED) is 0.862. The molecule has 106 valence electrons. The monoisotopic (exact) mass is 330 g/mol. The lowest BCUT2D eigenvalue weighted by atomic mass is 9.90. The summed E-state index contributed by atoms with van der Waals surface area (Å²) in [6, 6.07) is 5.24. The molecule has 0 bridgehead atoms. The average molecular weight is 331 g/mol. The average Bonchev–Trinajstić information content (AvgIpc) is 2.84. The number of anilines is 2. The van der Waals surface area contributed by atoms with Crippen molar-refractivity contribution in [2.45, 2.75) is 19.3 Å². The Kier molecular flexibility index (Phi) is 4.22. The van der Waals surface area contributed by atoms with Crippen LogP contribution in [0.15, 0.2) is 23.6 Å². The molecule has 0 radical (unpaired) electrons. The fourth-order valence-corrected chi connectivity index (χ4v) is 2.68. The van der Waals surface area contributed by atoms with Gasteiger partial charge in [0, 0.05) is 5.38 Å². The SMILES string of the molecule is CC(C)(C(=O)O)c1csc(Nc2cccc(Cl)c2Cl)n1.